The number of thiocarbonyl (C=S) groups is 1. The Morgan fingerprint density at radius 1 is 1.11 bits per heavy atom. The van der Waals surface area contributed by atoms with Gasteiger partial charge in [0.05, 0.1) is 18.2 Å². The first-order valence-electron chi connectivity index (χ1n) is 11.7. The molecule has 35 heavy (non-hydrogen) atoms. The minimum Gasteiger partial charge on any atom is -0.497 e. The third-order valence-electron chi connectivity index (χ3n) is 5.53. The first-order valence-corrected chi connectivity index (χ1v) is 13.6. The van der Waals surface area contributed by atoms with E-state index in [9.17, 15) is 8.42 Å². The van der Waals surface area contributed by atoms with Crippen molar-refractivity contribution in [3.05, 3.63) is 54.2 Å². The number of benzene rings is 2. The summed E-state index contributed by atoms with van der Waals surface area (Å²) in [5, 5.41) is 8.49. The molecule has 1 aromatic heterocycles. The molecular formula is C25H33N5O3S2. The fourth-order valence-corrected chi connectivity index (χ4v) is 5.64. The summed E-state index contributed by atoms with van der Waals surface area (Å²) in [6.07, 6.45) is 5.15. The standard InChI is InChI=1S/C25H33N5O3S2/c1-5-14-30(15-6-2)35(31,32)22-12-13-24-23(16-22)19(18-29(24)7-3)17-26-28-25(34)27-20-8-10-21(33-4)11-9-20/h8-13,16-18H,5-7,14-15H2,1-4H3,(H2,27,28,34). The van der Waals surface area contributed by atoms with Gasteiger partial charge in [0.2, 0.25) is 10.0 Å². The van der Waals surface area contributed by atoms with Gasteiger partial charge in [-0.3, -0.25) is 5.43 Å². The molecule has 2 aromatic carbocycles. The summed E-state index contributed by atoms with van der Waals surface area (Å²) in [5.74, 6) is 0.758. The Bertz CT molecular complexity index is 1280. The van der Waals surface area contributed by atoms with Crippen LogP contribution in [0.25, 0.3) is 10.9 Å². The highest BCUT2D eigenvalue weighted by atomic mass is 32.2. The van der Waals surface area contributed by atoms with Crippen LogP contribution in [-0.4, -0.2) is 48.8 Å². The van der Waals surface area contributed by atoms with Gasteiger partial charge in [-0.2, -0.15) is 9.41 Å². The molecule has 0 bridgehead atoms. The highest BCUT2D eigenvalue weighted by molar-refractivity contribution is 7.89. The van der Waals surface area contributed by atoms with Crippen LogP contribution in [0.5, 0.6) is 5.75 Å². The second-order valence-corrected chi connectivity index (χ2v) is 10.4. The molecule has 10 heteroatoms. The number of ether oxygens (including phenoxy) is 1. The smallest absolute Gasteiger partial charge is 0.243 e. The van der Waals surface area contributed by atoms with E-state index < -0.39 is 10.0 Å². The van der Waals surface area contributed by atoms with Crippen LogP contribution in [0.1, 0.15) is 39.2 Å². The van der Waals surface area contributed by atoms with Gasteiger partial charge in [0, 0.05) is 48.0 Å². The Balaban J connectivity index is 1.83. The maximum atomic E-state index is 13.3. The van der Waals surface area contributed by atoms with Crippen LogP contribution in [0.4, 0.5) is 5.69 Å². The number of sulfonamides is 1. The largest absolute Gasteiger partial charge is 0.497 e. The molecule has 0 radical (unpaired) electrons. The number of methoxy groups -OCH3 is 1. The van der Waals surface area contributed by atoms with Gasteiger partial charge in [-0.15, -0.1) is 0 Å². The van der Waals surface area contributed by atoms with Gasteiger partial charge < -0.3 is 14.6 Å². The molecule has 0 fully saturated rings. The molecule has 2 N–H and O–H groups in total. The Morgan fingerprint density at radius 3 is 2.40 bits per heavy atom. The Kier molecular flexibility index (Phi) is 9.25. The van der Waals surface area contributed by atoms with E-state index in [0.717, 1.165) is 47.3 Å². The van der Waals surface area contributed by atoms with Crippen molar-refractivity contribution >= 4 is 50.2 Å². The van der Waals surface area contributed by atoms with Crippen LogP contribution in [0.3, 0.4) is 0 Å². The zero-order valence-corrected chi connectivity index (χ0v) is 22.2. The number of hydrogen-bond donors (Lipinski definition) is 2. The van der Waals surface area contributed by atoms with Gasteiger partial charge in [0.15, 0.2) is 5.11 Å². The lowest BCUT2D eigenvalue weighted by Crippen LogP contribution is -2.32. The number of anilines is 1. The average molecular weight is 516 g/mol. The van der Waals surface area contributed by atoms with Gasteiger partial charge in [0.25, 0.3) is 0 Å². The van der Waals surface area contributed by atoms with Crippen molar-refractivity contribution < 1.29 is 13.2 Å². The highest BCUT2D eigenvalue weighted by Gasteiger charge is 2.24. The minimum atomic E-state index is -3.58. The molecule has 0 aliphatic carbocycles. The lowest BCUT2D eigenvalue weighted by molar-refractivity contribution is 0.410. The molecule has 0 spiro atoms. The zero-order chi connectivity index (χ0) is 25.4. The van der Waals surface area contributed by atoms with Crippen LogP contribution in [0.2, 0.25) is 0 Å². The Morgan fingerprint density at radius 2 is 1.80 bits per heavy atom. The lowest BCUT2D eigenvalue weighted by Gasteiger charge is -2.21. The van der Waals surface area contributed by atoms with Gasteiger partial charge in [-0.1, -0.05) is 13.8 Å². The van der Waals surface area contributed by atoms with E-state index in [2.05, 4.69) is 20.4 Å². The molecular weight excluding hydrogens is 482 g/mol. The van der Waals surface area contributed by atoms with Gasteiger partial charge in [0.1, 0.15) is 5.75 Å². The van der Waals surface area contributed by atoms with Crippen LogP contribution < -0.4 is 15.5 Å². The molecule has 0 saturated heterocycles. The number of rotatable bonds is 11. The van der Waals surface area contributed by atoms with Crippen molar-refractivity contribution in [3.63, 3.8) is 0 Å². The van der Waals surface area contributed by atoms with Crippen molar-refractivity contribution in [1.29, 1.82) is 0 Å². The summed E-state index contributed by atoms with van der Waals surface area (Å²) in [4.78, 5) is 0.292. The predicted octanol–water partition coefficient (Wildman–Crippen LogP) is 4.80. The van der Waals surface area contributed by atoms with Crippen LogP contribution >= 0.6 is 12.2 Å². The van der Waals surface area contributed by atoms with E-state index in [0.29, 0.717) is 23.1 Å². The number of nitrogens with zero attached hydrogens (tertiary/aromatic N) is 3. The molecule has 0 aliphatic rings. The number of aryl methyl sites for hydroxylation is 1. The van der Waals surface area contributed by atoms with E-state index in [1.807, 2.05) is 57.3 Å². The molecule has 188 valence electrons. The summed E-state index contributed by atoms with van der Waals surface area (Å²) in [6, 6.07) is 12.7. The zero-order valence-electron chi connectivity index (χ0n) is 20.6. The number of nitrogens with one attached hydrogen (secondary N) is 2. The second-order valence-electron chi connectivity index (χ2n) is 8.01. The molecule has 0 aliphatic heterocycles. The third-order valence-corrected chi connectivity index (χ3v) is 7.61. The van der Waals surface area contributed by atoms with E-state index >= 15 is 0 Å². The average Bonchev–Trinajstić information content (AvgIpc) is 3.21. The van der Waals surface area contributed by atoms with Gasteiger partial charge >= 0.3 is 0 Å². The number of hydrazone groups is 1. The summed E-state index contributed by atoms with van der Waals surface area (Å²) >= 11 is 5.33. The first-order chi connectivity index (χ1) is 16.8. The molecule has 0 atom stereocenters. The second kappa shape index (κ2) is 12.1. The van der Waals surface area contributed by atoms with Crippen LogP contribution in [0.15, 0.2) is 58.7 Å². The Hall–Kier alpha value is -2.95. The van der Waals surface area contributed by atoms with E-state index in [1.54, 1.807) is 29.8 Å². The number of hydrogen-bond acceptors (Lipinski definition) is 5. The van der Waals surface area contributed by atoms with Crippen LogP contribution in [0, 0.1) is 0 Å². The fraction of sp³-hybridized carbons (Fsp3) is 0.360. The third kappa shape index (κ3) is 6.39. The summed E-state index contributed by atoms with van der Waals surface area (Å²) in [7, 11) is -1.97. The van der Waals surface area contributed by atoms with Crippen molar-refractivity contribution in [2.24, 2.45) is 5.10 Å². The monoisotopic (exact) mass is 515 g/mol. The fourth-order valence-electron chi connectivity index (χ4n) is 3.82. The summed E-state index contributed by atoms with van der Waals surface area (Å²) in [5.41, 5.74) is 5.38. The quantitative estimate of drug-likeness (QED) is 0.217. The molecule has 3 aromatic rings. The molecule has 0 saturated carbocycles. The van der Waals surface area contributed by atoms with Gasteiger partial charge in [-0.25, -0.2) is 8.42 Å². The van der Waals surface area contributed by atoms with Crippen molar-refractivity contribution in [2.45, 2.75) is 45.1 Å². The molecule has 1 heterocycles. The highest BCUT2D eigenvalue weighted by Crippen LogP contribution is 2.26. The minimum absolute atomic E-state index is 0.292. The lowest BCUT2D eigenvalue weighted by atomic mass is 10.2. The number of aromatic nitrogens is 1. The summed E-state index contributed by atoms with van der Waals surface area (Å²) < 4.78 is 35.4. The maximum absolute atomic E-state index is 13.3. The predicted molar refractivity (Wildman–Crippen MR) is 147 cm³/mol. The van der Waals surface area contributed by atoms with Crippen LogP contribution in [-0.2, 0) is 16.6 Å². The van der Waals surface area contributed by atoms with E-state index in [4.69, 9.17) is 17.0 Å². The molecule has 3 rings (SSSR count). The first kappa shape index (κ1) is 26.7. The maximum Gasteiger partial charge on any atom is 0.243 e. The SMILES string of the molecule is CCCN(CCC)S(=O)(=O)c1ccc2c(c1)c(C=NNC(=S)Nc1ccc(OC)cc1)cn2CC. The van der Waals surface area contributed by atoms with E-state index in [-0.39, 0.29) is 0 Å². The van der Waals surface area contributed by atoms with Crippen molar-refractivity contribution in [2.75, 3.05) is 25.5 Å². The normalized spacial score (nSPS) is 11.9. The number of fused-ring (bicyclic) bond motifs is 1. The van der Waals surface area contributed by atoms with Gasteiger partial charge in [-0.05, 0) is 74.4 Å². The summed E-state index contributed by atoms with van der Waals surface area (Å²) in [6.45, 7) is 7.76. The molecule has 8 nitrogen and oxygen atoms in total. The Labute approximate surface area is 213 Å². The van der Waals surface area contributed by atoms with E-state index in [1.165, 1.54) is 0 Å². The molecule has 0 unspecified atom stereocenters. The molecule has 0 amide bonds. The van der Waals surface area contributed by atoms with Crippen molar-refractivity contribution in [3.8, 4) is 5.75 Å². The topological polar surface area (TPSA) is 88.0 Å². The van der Waals surface area contributed by atoms with Crippen molar-refractivity contribution in [1.82, 2.24) is 14.3 Å².